The molecule has 2 heterocycles. The summed E-state index contributed by atoms with van der Waals surface area (Å²) in [6, 6.07) is 23.0. The van der Waals surface area contributed by atoms with Crippen LogP contribution in [0.2, 0.25) is 0 Å². The number of benzene rings is 3. The number of fused-ring (bicyclic) bond motifs is 1. The second-order valence-electron chi connectivity index (χ2n) is 12.8. The third-order valence-electron chi connectivity index (χ3n) is 9.70. The molecule has 272 valence electrons. The summed E-state index contributed by atoms with van der Waals surface area (Å²) in [5.41, 5.74) is 2.08. The average molecular weight is 701 g/mol. The van der Waals surface area contributed by atoms with Gasteiger partial charge in [-0.3, -0.25) is 14.4 Å². The Kier molecular flexibility index (Phi) is 12.7. The normalized spacial score (nSPS) is 21.3. The largest absolute Gasteiger partial charge is 0.496 e. The Labute approximate surface area is 299 Å². The van der Waals surface area contributed by atoms with Gasteiger partial charge in [-0.1, -0.05) is 54.6 Å². The first kappa shape index (κ1) is 37.4. The molecule has 4 atom stereocenters. The first-order valence-corrected chi connectivity index (χ1v) is 17.2. The van der Waals surface area contributed by atoms with Gasteiger partial charge in [0.25, 0.3) is 0 Å². The van der Waals surface area contributed by atoms with Crippen molar-refractivity contribution >= 4 is 17.8 Å². The van der Waals surface area contributed by atoms with Crippen LogP contribution < -0.4 is 19.5 Å². The fraction of sp³-hybridized carbons (Fsp3) is 0.425. The lowest BCUT2D eigenvalue weighted by atomic mass is 9.66. The Hall–Kier alpha value is -4.87. The van der Waals surface area contributed by atoms with Crippen LogP contribution in [-0.4, -0.2) is 83.0 Å². The standard InChI is InChI=1S/C40H48N2O9/c1-27-40(39(45)49-5)24-31(22-37(43)41-19-17-30-13-9-10-14-33(30)46-2)38(44)42(20-18-28-15-16-34(47-3)35(21-28)48-4)36(40)23-32(51-27)26-50-25-29-11-7-6-8-12-29/h6-16,21,23,27,31-32H,17-20,22,24-26H2,1-5H3,(H,41,43)/t27-,31+,32-,40+/m1/s1. The maximum atomic E-state index is 14.4. The van der Waals surface area contributed by atoms with Crippen LogP contribution in [0.3, 0.4) is 0 Å². The molecule has 11 heteroatoms. The fourth-order valence-corrected chi connectivity index (χ4v) is 7.07. The molecular weight excluding hydrogens is 652 g/mol. The third kappa shape index (κ3) is 8.54. The molecule has 0 saturated carbocycles. The van der Waals surface area contributed by atoms with Gasteiger partial charge in [0.2, 0.25) is 11.8 Å². The average Bonchev–Trinajstić information content (AvgIpc) is 3.15. The molecule has 1 saturated heterocycles. The SMILES string of the molecule is COC(=O)[C@]12C[C@H](CC(=O)NCCc3ccccc3OC)C(=O)N(CCc3ccc(OC)c(OC)c3)C1=C[C@H](COCc1ccccc1)O[C@@H]2C. The predicted octanol–water partition coefficient (Wildman–Crippen LogP) is 4.90. The van der Waals surface area contributed by atoms with Crippen LogP contribution in [0.5, 0.6) is 17.2 Å². The van der Waals surface area contributed by atoms with Gasteiger partial charge >= 0.3 is 5.97 Å². The van der Waals surface area contributed by atoms with Crippen LogP contribution in [0.1, 0.15) is 36.5 Å². The van der Waals surface area contributed by atoms with Gasteiger partial charge in [-0.05, 0) is 67.2 Å². The van der Waals surface area contributed by atoms with E-state index in [0.29, 0.717) is 43.2 Å². The maximum Gasteiger partial charge on any atom is 0.320 e. The van der Waals surface area contributed by atoms with E-state index in [1.807, 2.05) is 85.8 Å². The summed E-state index contributed by atoms with van der Waals surface area (Å²) in [5.74, 6) is 0.0714. The molecule has 2 amide bonds. The minimum absolute atomic E-state index is 0.0654. The molecule has 0 radical (unpaired) electrons. The van der Waals surface area contributed by atoms with E-state index in [2.05, 4.69) is 5.32 Å². The van der Waals surface area contributed by atoms with E-state index in [1.165, 1.54) is 7.11 Å². The molecule has 5 rings (SSSR count). The first-order valence-electron chi connectivity index (χ1n) is 17.2. The quantitative estimate of drug-likeness (QED) is 0.208. The highest BCUT2D eigenvalue weighted by Crippen LogP contribution is 2.50. The van der Waals surface area contributed by atoms with Gasteiger partial charge in [0, 0.05) is 31.1 Å². The number of ether oxygens (including phenoxy) is 6. The number of nitrogens with zero attached hydrogens (tertiary/aromatic N) is 1. The van der Waals surface area contributed by atoms with Crippen molar-refractivity contribution in [2.45, 2.75) is 51.4 Å². The smallest absolute Gasteiger partial charge is 0.320 e. The van der Waals surface area contributed by atoms with E-state index >= 15 is 0 Å². The number of hydrogen-bond acceptors (Lipinski definition) is 9. The van der Waals surface area contributed by atoms with E-state index in [1.54, 1.807) is 26.2 Å². The summed E-state index contributed by atoms with van der Waals surface area (Å²) < 4.78 is 34.2. The van der Waals surface area contributed by atoms with E-state index in [0.717, 1.165) is 22.4 Å². The van der Waals surface area contributed by atoms with Crippen molar-refractivity contribution in [2.75, 3.05) is 48.1 Å². The van der Waals surface area contributed by atoms with Crippen molar-refractivity contribution in [1.29, 1.82) is 0 Å². The lowest BCUT2D eigenvalue weighted by Crippen LogP contribution is -2.60. The molecule has 0 aromatic heterocycles. The Morgan fingerprint density at radius 1 is 0.882 bits per heavy atom. The minimum Gasteiger partial charge on any atom is -0.496 e. The summed E-state index contributed by atoms with van der Waals surface area (Å²) in [7, 11) is 6.09. The Balaban J connectivity index is 1.40. The molecule has 0 bridgehead atoms. The Morgan fingerprint density at radius 2 is 1.61 bits per heavy atom. The van der Waals surface area contributed by atoms with Gasteiger partial charge < -0.3 is 38.6 Å². The molecule has 2 aliphatic heterocycles. The molecule has 11 nitrogen and oxygen atoms in total. The van der Waals surface area contributed by atoms with Gasteiger partial charge in [0.15, 0.2) is 11.5 Å². The van der Waals surface area contributed by atoms with Crippen LogP contribution in [0.15, 0.2) is 84.6 Å². The summed E-state index contributed by atoms with van der Waals surface area (Å²) in [5, 5.41) is 2.96. The molecule has 3 aromatic carbocycles. The Bertz CT molecular complexity index is 1690. The van der Waals surface area contributed by atoms with Crippen LogP contribution >= 0.6 is 0 Å². The molecule has 1 fully saturated rings. The molecule has 2 aliphatic rings. The molecule has 0 spiro atoms. The molecule has 3 aromatic rings. The van der Waals surface area contributed by atoms with Gasteiger partial charge in [0.1, 0.15) is 17.3 Å². The van der Waals surface area contributed by atoms with Gasteiger partial charge in [-0.15, -0.1) is 0 Å². The van der Waals surface area contributed by atoms with Gasteiger partial charge in [-0.2, -0.15) is 0 Å². The number of rotatable bonds is 16. The lowest BCUT2D eigenvalue weighted by molar-refractivity contribution is -0.178. The number of esters is 1. The van der Waals surface area contributed by atoms with Crippen molar-refractivity contribution in [1.82, 2.24) is 10.2 Å². The fourth-order valence-electron chi connectivity index (χ4n) is 7.07. The molecular formula is C40H48N2O9. The monoisotopic (exact) mass is 700 g/mol. The third-order valence-corrected chi connectivity index (χ3v) is 9.70. The zero-order valence-electron chi connectivity index (χ0n) is 30.0. The number of methoxy groups -OCH3 is 4. The summed E-state index contributed by atoms with van der Waals surface area (Å²) in [6.07, 6.45) is 1.59. The van der Waals surface area contributed by atoms with Crippen LogP contribution in [0, 0.1) is 11.3 Å². The van der Waals surface area contributed by atoms with E-state index < -0.39 is 29.5 Å². The van der Waals surface area contributed by atoms with E-state index in [-0.39, 0.29) is 37.8 Å². The molecule has 0 unspecified atom stereocenters. The summed E-state index contributed by atoms with van der Waals surface area (Å²) >= 11 is 0. The highest BCUT2D eigenvalue weighted by molar-refractivity contribution is 5.92. The highest BCUT2D eigenvalue weighted by Gasteiger charge is 2.59. The van der Waals surface area contributed by atoms with Crippen molar-refractivity contribution in [3.8, 4) is 17.2 Å². The number of hydrogen-bond donors (Lipinski definition) is 1. The minimum atomic E-state index is -1.32. The number of para-hydroxylation sites is 1. The number of carbonyl (C=O) groups is 3. The van der Waals surface area contributed by atoms with E-state index in [4.69, 9.17) is 28.4 Å². The lowest BCUT2D eigenvalue weighted by Gasteiger charge is -2.51. The Morgan fingerprint density at radius 3 is 2.33 bits per heavy atom. The van der Waals surface area contributed by atoms with Gasteiger partial charge in [-0.25, -0.2) is 0 Å². The maximum absolute atomic E-state index is 14.4. The molecule has 0 aliphatic carbocycles. The van der Waals surface area contributed by atoms with Gasteiger partial charge in [0.05, 0.1) is 47.8 Å². The van der Waals surface area contributed by atoms with Crippen molar-refractivity contribution in [3.63, 3.8) is 0 Å². The zero-order chi connectivity index (χ0) is 36.4. The number of carbonyl (C=O) groups excluding carboxylic acids is 3. The molecule has 1 N–H and O–H groups in total. The second kappa shape index (κ2) is 17.4. The van der Waals surface area contributed by atoms with Crippen LogP contribution in [0.25, 0.3) is 0 Å². The topological polar surface area (TPSA) is 122 Å². The number of likely N-dealkylation sites (tertiary alicyclic amines) is 1. The van der Waals surface area contributed by atoms with Crippen molar-refractivity contribution in [3.05, 3.63) is 101 Å². The van der Waals surface area contributed by atoms with E-state index in [9.17, 15) is 14.4 Å². The summed E-state index contributed by atoms with van der Waals surface area (Å²) in [6.45, 7) is 3.03. The summed E-state index contributed by atoms with van der Waals surface area (Å²) in [4.78, 5) is 43.3. The van der Waals surface area contributed by atoms with Crippen LogP contribution in [-0.2, 0) is 48.0 Å². The number of amides is 2. The molecule has 51 heavy (non-hydrogen) atoms. The van der Waals surface area contributed by atoms with Crippen molar-refractivity contribution in [2.24, 2.45) is 11.3 Å². The second-order valence-corrected chi connectivity index (χ2v) is 12.8. The highest BCUT2D eigenvalue weighted by atomic mass is 16.6. The predicted molar refractivity (Wildman–Crippen MR) is 190 cm³/mol. The zero-order valence-corrected chi connectivity index (χ0v) is 30.0. The number of nitrogens with one attached hydrogen (secondary N) is 1. The first-order chi connectivity index (χ1) is 24.7. The van der Waals surface area contributed by atoms with Crippen molar-refractivity contribution < 1.29 is 42.8 Å². The van der Waals surface area contributed by atoms with Crippen LogP contribution in [0.4, 0.5) is 0 Å². The number of piperidine rings is 1.